The van der Waals surface area contributed by atoms with Crippen LogP contribution in [0.1, 0.15) is 290 Å². The molecule has 1 amide bonds. The Bertz CT molecular complexity index is 1660. The van der Waals surface area contributed by atoms with Crippen molar-refractivity contribution >= 4 is 5.91 Å². The maximum absolute atomic E-state index is 13.3. The first-order chi connectivity index (χ1) is 41.6. The van der Waals surface area contributed by atoms with Gasteiger partial charge in [-0.25, -0.2) is 0 Å². The first-order valence-corrected chi connectivity index (χ1v) is 35.0. The smallest absolute Gasteiger partial charge is 0.220 e. The van der Waals surface area contributed by atoms with Gasteiger partial charge in [-0.1, -0.05) is 286 Å². The third kappa shape index (κ3) is 40.1. The zero-order chi connectivity index (χ0) is 61.6. The van der Waals surface area contributed by atoms with E-state index in [1.165, 1.54) is 180 Å². The first kappa shape index (κ1) is 78.8. The number of carbonyl (C=O) groups is 1. The number of aliphatic hydroxyl groups excluding tert-OH is 8. The Morgan fingerprint density at radius 3 is 1.24 bits per heavy atom. The van der Waals surface area contributed by atoms with Crippen LogP contribution in [0.25, 0.3) is 0 Å². The number of aliphatic hydroxyl groups is 8. The Hall–Kier alpha value is -2.31. The maximum atomic E-state index is 13.3. The molecule has 2 saturated heterocycles. The summed E-state index contributed by atoms with van der Waals surface area (Å²) < 4.78 is 22.9. The molecule has 0 aromatic carbocycles. The van der Waals surface area contributed by atoms with Gasteiger partial charge in [0.15, 0.2) is 12.6 Å². The van der Waals surface area contributed by atoms with E-state index in [9.17, 15) is 45.6 Å². The first-order valence-electron chi connectivity index (χ1n) is 35.0. The lowest BCUT2D eigenvalue weighted by Crippen LogP contribution is -2.65. The Morgan fingerprint density at radius 1 is 0.435 bits per heavy atom. The van der Waals surface area contributed by atoms with E-state index in [0.29, 0.717) is 12.8 Å². The Kier molecular flexibility index (Phi) is 51.7. The van der Waals surface area contributed by atoms with E-state index >= 15 is 0 Å². The van der Waals surface area contributed by atoms with Crippen molar-refractivity contribution in [3.8, 4) is 0 Å². The predicted octanol–water partition coefficient (Wildman–Crippen LogP) is 14.1. The van der Waals surface area contributed by atoms with Gasteiger partial charge in [-0.15, -0.1) is 0 Å². The molecule has 0 spiro atoms. The van der Waals surface area contributed by atoms with Crippen LogP contribution in [-0.2, 0) is 23.7 Å². The van der Waals surface area contributed by atoms with Crippen LogP contribution in [0.5, 0.6) is 0 Å². The van der Waals surface area contributed by atoms with Crippen molar-refractivity contribution in [1.82, 2.24) is 5.32 Å². The molecule has 0 aromatic heterocycles. The monoisotopic (exact) mass is 1200 g/mol. The van der Waals surface area contributed by atoms with Gasteiger partial charge in [0.25, 0.3) is 0 Å². The molecule has 2 heterocycles. The third-order valence-electron chi connectivity index (χ3n) is 17.0. The molecule has 0 saturated carbocycles. The Balaban J connectivity index is 1.65. The summed E-state index contributed by atoms with van der Waals surface area (Å²) in [5.41, 5.74) is 0. The molecule has 0 radical (unpaired) electrons. The lowest BCUT2D eigenvalue weighted by Gasteiger charge is -2.46. The number of nitrogens with one attached hydrogen (secondary N) is 1. The molecule has 85 heavy (non-hydrogen) atoms. The zero-order valence-electron chi connectivity index (χ0n) is 53.8. The van der Waals surface area contributed by atoms with E-state index in [1.807, 2.05) is 0 Å². The summed E-state index contributed by atoms with van der Waals surface area (Å²) >= 11 is 0. The molecule has 12 atom stereocenters. The van der Waals surface area contributed by atoms with Crippen molar-refractivity contribution < 1.29 is 64.6 Å². The second-order valence-corrected chi connectivity index (χ2v) is 24.6. The quantitative estimate of drug-likeness (QED) is 0.0204. The Morgan fingerprint density at radius 2 is 0.812 bits per heavy atom. The van der Waals surface area contributed by atoms with Crippen LogP contribution in [0.3, 0.4) is 0 Å². The van der Waals surface area contributed by atoms with E-state index in [-0.39, 0.29) is 18.9 Å². The van der Waals surface area contributed by atoms with Gasteiger partial charge in [0.1, 0.15) is 48.8 Å². The average Bonchev–Trinajstić information content (AvgIpc) is 3.69. The van der Waals surface area contributed by atoms with Crippen molar-refractivity contribution in [1.29, 1.82) is 0 Å². The van der Waals surface area contributed by atoms with Crippen LogP contribution in [0.2, 0.25) is 0 Å². The van der Waals surface area contributed by atoms with Crippen LogP contribution in [0.15, 0.2) is 60.8 Å². The minimum atomic E-state index is -1.79. The molecular weight excluding hydrogens is 1070 g/mol. The molecule has 9 N–H and O–H groups in total. The van der Waals surface area contributed by atoms with E-state index in [2.05, 4.69) is 79.9 Å². The molecule has 0 aliphatic carbocycles. The highest BCUT2D eigenvalue weighted by molar-refractivity contribution is 5.76. The summed E-state index contributed by atoms with van der Waals surface area (Å²) in [5, 5.41) is 87.5. The van der Waals surface area contributed by atoms with Gasteiger partial charge < -0.3 is 65.1 Å². The summed E-state index contributed by atoms with van der Waals surface area (Å²) in [4.78, 5) is 13.3. The molecule has 0 aromatic rings. The molecule has 14 nitrogen and oxygen atoms in total. The maximum Gasteiger partial charge on any atom is 0.220 e. The molecule has 2 aliphatic rings. The fraction of sp³-hybridized carbons (Fsp3) is 0.845. The van der Waals surface area contributed by atoms with Crippen LogP contribution in [0.4, 0.5) is 0 Å². The van der Waals surface area contributed by atoms with Crippen molar-refractivity contribution in [3.05, 3.63) is 60.8 Å². The molecule has 2 fully saturated rings. The predicted molar refractivity (Wildman–Crippen MR) is 346 cm³/mol. The largest absolute Gasteiger partial charge is 0.394 e. The number of rotatable bonds is 57. The van der Waals surface area contributed by atoms with E-state index in [0.717, 1.165) is 77.0 Å². The zero-order valence-corrected chi connectivity index (χ0v) is 53.8. The lowest BCUT2D eigenvalue weighted by atomic mass is 9.97. The molecule has 2 rings (SSSR count). The highest BCUT2D eigenvalue weighted by Gasteiger charge is 2.51. The summed E-state index contributed by atoms with van der Waals surface area (Å²) in [5.74, 6) is -0.236. The fourth-order valence-electron chi connectivity index (χ4n) is 11.4. The summed E-state index contributed by atoms with van der Waals surface area (Å²) in [6, 6.07) is -0.851. The summed E-state index contributed by atoms with van der Waals surface area (Å²) in [6.45, 7) is 2.75. The molecule has 496 valence electrons. The minimum absolute atomic E-state index is 0.236. The van der Waals surface area contributed by atoms with E-state index in [4.69, 9.17) is 18.9 Å². The number of amides is 1. The van der Waals surface area contributed by atoms with Gasteiger partial charge in [0.05, 0.1) is 32.0 Å². The number of hydrogen-bond donors (Lipinski definition) is 9. The Labute approximate surface area is 517 Å². The number of ether oxygens (including phenoxy) is 4. The second-order valence-electron chi connectivity index (χ2n) is 24.6. The lowest BCUT2D eigenvalue weighted by molar-refractivity contribution is -0.359. The standard InChI is InChI=1S/C71H129NO13/c1-3-5-7-9-11-13-15-17-19-21-23-24-25-26-27-28-29-30-31-32-33-34-35-37-38-40-42-44-46-48-50-52-54-60(75)59(72-63(76)55-53-51-49-47-45-43-41-39-36-22-20-18-16-14-12-10-8-6-4-2)58-82-70-68(81)66(79)69(62(57-74)84-70)85-71-67(80)65(78)64(77)61(56-73)83-71/h6,8,12,14,18,20,36,39,43,45,59-62,64-71,73-75,77-81H,3-5,7,9-11,13,15-17,19,21-35,37-38,40-42,44,46-58H2,1-2H3,(H,72,76)/b8-6-,14-12-,20-18-,39-36-,45-43-. The number of carbonyl (C=O) groups excluding carboxylic acids is 1. The number of hydrogen-bond acceptors (Lipinski definition) is 13. The minimum Gasteiger partial charge on any atom is -0.394 e. The van der Waals surface area contributed by atoms with Gasteiger partial charge >= 0.3 is 0 Å². The van der Waals surface area contributed by atoms with Crippen molar-refractivity contribution in [2.24, 2.45) is 0 Å². The van der Waals surface area contributed by atoms with Crippen molar-refractivity contribution in [2.75, 3.05) is 19.8 Å². The number of allylic oxidation sites excluding steroid dienone is 10. The van der Waals surface area contributed by atoms with Crippen molar-refractivity contribution in [3.63, 3.8) is 0 Å². The van der Waals surface area contributed by atoms with Crippen LogP contribution < -0.4 is 5.32 Å². The highest BCUT2D eigenvalue weighted by Crippen LogP contribution is 2.30. The summed E-state index contributed by atoms with van der Waals surface area (Å²) in [6.07, 6.45) is 56.8. The SMILES string of the molecule is CC/C=C\C/C=C\C/C=C\C/C=C\C/C=C\CCCCCC(=O)NC(COC1OC(CO)C(OC2OC(CO)C(O)C(O)C2O)C(O)C1O)C(O)CCCCCCCCCCCCCCCCCCCCCCCCCCCCCCCCCC. The normalized spacial score (nSPS) is 23.9. The van der Waals surface area contributed by atoms with Crippen molar-refractivity contribution in [2.45, 2.75) is 364 Å². The third-order valence-corrected chi connectivity index (χ3v) is 17.0. The van der Waals surface area contributed by atoms with Gasteiger partial charge in [-0.3, -0.25) is 4.79 Å². The molecule has 0 bridgehead atoms. The highest BCUT2D eigenvalue weighted by atomic mass is 16.7. The van der Waals surface area contributed by atoms with Gasteiger partial charge in [0.2, 0.25) is 5.91 Å². The molecule has 12 unspecified atom stereocenters. The van der Waals surface area contributed by atoms with Crippen LogP contribution in [0, 0.1) is 0 Å². The molecule has 14 heteroatoms. The summed E-state index contributed by atoms with van der Waals surface area (Å²) in [7, 11) is 0. The fourth-order valence-corrected chi connectivity index (χ4v) is 11.4. The van der Waals surface area contributed by atoms with E-state index < -0.39 is 86.8 Å². The average molecular weight is 1200 g/mol. The van der Waals surface area contributed by atoms with Crippen LogP contribution in [-0.4, -0.2) is 140 Å². The van der Waals surface area contributed by atoms with Gasteiger partial charge in [-0.05, 0) is 57.8 Å². The topological polar surface area (TPSA) is 228 Å². The van der Waals surface area contributed by atoms with Gasteiger partial charge in [-0.2, -0.15) is 0 Å². The van der Waals surface area contributed by atoms with E-state index in [1.54, 1.807) is 0 Å². The van der Waals surface area contributed by atoms with Gasteiger partial charge in [0, 0.05) is 6.42 Å². The second kappa shape index (κ2) is 55.7. The number of unbranched alkanes of at least 4 members (excludes halogenated alkanes) is 34. The van der Waals surface area contributed by atoms with Crippen LogP contribution >= 0.6 is 0 Å². The molecule has 2 aliphatic heterocycles. The molecular formula is C71H129NO13.